The molecule has 266 valence electrons. The lowest BCUT2D eigenvalue weighted by molar-refractivity contribution is -0.189. The molecule has 0 aliphatic heterocycles. The minimum Gasteiger partial charge on any atom is -0.429 e. The first-order valence-corrected chi connectivity index (χ1v) is 17.2. The van der Waals surface area contributed by atoms with Crippen LogP contribution in [0.25, 0.3) is 17.2 Å². The van der Waals surface area contributed by atoms with Crippen LogP contribution < -0.4 is 4.74 Å². The summed E-state index contributed by atoms with van der Waals surface area (Å²) in [4.78, 5) is 0. The van der Waals surface area contributed by atoms with Gasteiger partial charge in [-0.05, 0) is 110 Å². The van der Waals surface area contributed by atoms with E-state index in [1.54, 1.807) is 6.07 Å². The largest absolute Gasteiger partial charge is 0.432 e. The third kappa shape index (κ3) is 9.43. The van der Waals surface area contributed by atoms with Crippen molar-refractivity contribution in [3.63, 3.8) is 0 Å². The van der Waals surface area contributed by atoms with Crippen molar-refractivity contribution in [2.75, 3.05) is 0 Å². The molecule has 2 saturated carbocycles. The molecule has 0 amide bonds. The summed E-state index contributed by atoms with van der Waals surface area (Å²) in [5.74, 6) is -3.92. The molecule has 3 aromatic carbocycles. The maximum absolute atomic E-state index is 15.4. The van der Waals surface area contributed by atoms with Crippen LogP contribution in [-0.2, 0) is 6.11 Å². The van der Waals surface area contributed by atoms with Gasteiger partial charge in [0.1, 0.15) is 34.6 Å². The summed E-state index contributed by atoms with van der Waals surface area (Å²) >= 11 is 0. The van der Waals surface area contributed by atoms with Crippen LogP contribution in [0.2, 0.25) is 0 Å². The van der Waals surface area contributed by atoms with Crippen molar-refractivity contribution in [1.82, 2.24) is 0 Å². The second-order valence-corrected chi connectivity index (χ2v) is 13.6. The number of ether oxygens (including phenoxy) is 1. The minimum absolute atomic E-state index is 0.161. The smallest absolute Gasteiger partial charge is 0.429 e. The van der Waals surface area contributed by atoms with E-state index in [9.17, 15) is 26.3 Å². The third-order valence-electron chi connectivity index (χ3n) is 10.3. The van der Waals surface area contributed by atoms with Gasteiger partial charge in [-0.25, -0.2) is 17.6 Å². The van der Waals surface area contributed by atoms with Gasteiger partial charge in [0, 0.05) is 23.3 Å². The zero-order valence-electron chi connectivity index (χ0n) is 27.4. The van der Waals surface area contributed by atoms with Gasteiger partial charge in [0.2, 0.25) is 0 Å². The lowest BCUT2D eigenvalue weighted by atomic mass is 9.68. The number of benzene rings is 3. The molecular formula is C39H41F9O. The lowest BCUT2D eigenvalue weighted by Gasteiger charge is -2.38. The molecule has 3 aromatic rings. The highest BCUT2D eigenvalue weighted by Gasteiger charge is 2.41. The van der Waals surface area contributed by atoms with Crippen LogP contribution in [0.4, 0.5) is 39.5 Å². The molecule has 0 atom stereocenters. The summed E-state index contributed by atoms with van der Waals surface area (Å²) in [5, 5.41) is 0. The van der Waals surface area contributed by atoms with Gasteiger partial charge in [-0.3, -0.25) is 0 Å². The molecule has 1 nitrogen and oxygen atoms in total. The van der Waals surface area contributed by atoms with E-state index in [-0.39, 0.29) is 23.1 Å². The minimum atomic E-state index is -4.73. The van der Waals surface area contributed by atoms with Gasteiger partial charge >= 0.3 is 12.3 Å². The number of halogens is 9. The van der Waals surface area contributed by atoms with E-state index < -0.39 is 52.4 Å². The van der Waals surface area contributed by atoms with Crippen LogP contribution in [-0.4, -0.2) is 6.18 Å². The molecule has 0 bridgehead atoms. The summed E-state index contributed by atoms with van der Waals surface area (Å²) in [6, 6.07) is 7.47. The maximum atomic E-state index is 15.4. The fourth-order valence-corrected chi connectivity index (χ4v) is 7.67. The third-order valence-corrected chi connectivity index (χ3v) is 10.3. The van der Waals surface area contributed by atoms with E-state index in [2.05, 4.69) is 11.7 Å². The highest BCUT2D eigenvalue weighted by molar-refractivity contribution is 5.65. The van der Waals surface area contributed by atoms with Gasteiger partial charge in [0.05, 0.1) is 0 Å². The Morgan fingerprint density at radius 3 is 1.90 bits per heavy atom. The molecule has 2 fully saturated rings. The van der Waals surface area contributed by atoms with Gasteiger partial charge in [-0.2, -0.15) is 22.0 Å². The van der Waals surface area contributed by atoms with E-state index in [1.807, 2.05) is 0 Å². The molecule has 0 N–H and O–H groups in total. The van der Waals surface area contributed by atoms with Gasteiger partial charge < -0.3 is 4.74 Å². The van der Waals surface area contributed by atoms with Gasteiger partial charge in [0.25, 0.3) is 0 Å². The quantitative estimate of drug-likeness (QED) is 0.143. The van der Waals surface area contributed by atoms with Crippen molar-refractivity contribution in [2.45, 2.75) is 102 Å². The van der Waals surface area contributed by atoms with Crippen molar-refractivity contribution < 1.29 is 44.3 Å². The van der Waals surface area contributed by atoms with E-state index in [4.69, 9.17) is 0 Å². The Balaban J connectivity index is 1.21. The zero-order chi connectivity index (χ0) is 35.3. The maximum Gasteiger partial charge on any atom is 0.432 e. The van der Waals surface area contributed by atoms with Crippen LogP contribution in [0, 0.1) is 41.0 Å². The first-order chi connectivity index (χ1) is 23.2. The number of hydrogen-bond acceptors (Lipinski definition) is 1. The van der Waals surface area contributed by atoms with Crippen molar-refractivity contribution in [3.05, 3.63) is 94.6 Å². The van der Waals surface area contributed by atoms with E-state index >= 15 is 13.2 Å². The van der Waals surface area contributed by atoms with E-state index in [0.717, 1.165) is 55.2 Å². The Morgan fingerprint density at radius 1 is 0.694 bits per heavy atom. The van der Waals surface area contributed by atoms with Crippen LogP contribution in [0.15, 0.2) is 54.6 Å². The number of alkyl halides is 5. The zero-order valence-corrected chi connectivity index (χ0v) is 27.4. The highest BCUT2D eigenvalue weighted by Crippen LogP contribution is 2.45. The highest BCUT2D eigenvalue weighted by atomic mass is 19.4. The van der Waals surface area contributed by atoms with E-state index in [0.29, 0.717) is 30.2 Å². The topological polar surface area (TPSA) is 9.23 Å². The number of hydrogen-bond donors (Lipinski definition) is 0. The Bertz CT molecular complexity index is 1570. The van der Waals surface area contributed by atoms with Crippen LogP contribution >= 0.6 is 0 Å². The predicted molar refractivity (Wildman–Crippen MR) is 172 cm³/mol. The molecule has 0 unspecified atom stereocenters. The monoisotopic (exact) mass is 696 g/mol. The van der Waals surface area contributed by atoms with E-state index in [1.165, 1.54) is 63.5 Å². The Hall–Kier alpha value is -3.43. The van der Waals surface area contributed by atoms with Gasteiger partial charge in [-0.15, -0.1) is 0 Å². The Morgan fingerprint density at radius 2 is 1.33 bits per heavy atom. The molecule has 0 spiro atoms. The summed E-state index contributed by atoms with van der Waals surface area (Å²) in [7, 11) is 0. The van der Waals surface area contributed by atoms with Crippen molar-refractivity contribution in [3.8, 4) is 16.9 Å². The normalized spacial score (nSPS) is 22.1. The van der Waals surface area contributed by atoms with Crippen LogP contribution in [0.1, 0.15) is 107 Å². The average molecular weight is 697 g/mol. The molecule has 0 aromatic heterocycles. The predicted octanol–water partition coefficient (Wildman–Crippen LogP) is 13.3. The number of rotatable bonds is 11. The van der Waals surface area contributed by atoms with Crippen LogP contribution in [0.3, 0.4) is 0 Å². The van der Waals surface area contributed by atoms with Crippen molar-refractivity contribution in [1.29, 1.82) is 0 Å². The molecule has 2 aliphatic carbocycles. The first kappa shape index (κ1) is 36.8. The van der Waals surface area contributed by atoms with Gasteiger partial charge in [-0.1, -0.05) is 57.6 Å². The lowest BCUT2D eigenvalue weighted by Crippen LogP contribution is -2.25. The molecule has 0 heterocycles. The molecule has 0 radical (unpaired) electrons. The van der Waals surface area contributed by atoms with Crippen molar-refractivity contribution in [2.24, 2.45) is 17.8 Å². The summed E-state index contributed by atoms with van der Waals surface area (Å²) in [6.07, 6.45) is 5.25. The molecule has 2 aliphatic rings. The van der Waals surface area contributed by atoms with Gasteiger partial charge in [0.15, 0.2) is 0 Å². The second-order valence-electron chi connectivity index (χ2n) is 13.6. The Kier molecular flexibility index (Phi) is 11.8. The van der Waals surface area contributed by atoms with Crippen molar-refractivity contribution >= 4 is 6.08 Å². The SMILES string of the molecule is CCCCCC1CCC(C2CCC(c3ccc(-c4cc(F)c(C(F)(F)Oc5ccc(/C=C/C(F)(F)F)c(F)c5)c(F)c4)c(F)c3)CC2)CC1. The van der Waals surface area contributed by atoms with Crippen LogP contribution in [0.5, 0.6) is 5.75 Å². The molecule has 5 rings (SSSR count). The first-order valence-electron chi connectivity index (χ1n) is 17.2. The number of unbranched alkanes of at least 4 members (excludes halogenated alkanes) is 2. The summed E-state index contributed by atoms with van der Waals surface area (Å²) < 4.78 is 131. The summed E-state index contributed by atoms with van der Waals surface area (Å²) in [6.45, 7) is 2.23. The molecule has 0 saturated heterocycles. The standard InChI is InChI=1S/C39H41F9O/c1-2-3-4-5-24-6-8-25(9-7-24)26-10-12-27(13-11-26)29-15-17-32(34(41)20-29)30-21-35(42)37(36(43)22-30)39(47,48)49-31-16-14-28(33(40)23-31)18-19-38(44,45)46/h14-27H,2-13H2,1H3/b19-18+. The summed E-state index contributed by atoms with van der Waals surface area (Å²) in [5.41, 5.74) is -2.01. The second kappa shape index (κ2) is 15.6. The molecular weight excluding hydrogens is 655 g/mol. The fourth-order valence-electron chi connectivity index (χ4n) is 7.67. The molecule has 49 heavy (non-hydrogen) atoms. The fraction of sp³-hybridized carbons (Fsp3) is 0.487. The number of allylic oxidation sites excluding steroid dienone is 1. The Labute approximate surface area is 281 Å². The molecule has 10 heteroatoms. The average Bonchev–Trinajstić information content (AvgIpc) is 3.04.